The molecule has 0 bridgehead atoms. The molecule has 4 atom stereocenters. The third-order valence-electron chi connectivity index (χ3n) is 5.94. The summed E-state index contributed by atoms with van der Waals surface area (Å²) in [7, 11) is 0. The van der Waals surface area contributed by atoms with Crippen molar-refractivity contribution in [3.05, 3.63) is 54.0 Å². The maximum atomic E-state index is 12.6. The van der Waals surface area contributed by atoms with E-state index in [4.69, 9.17) is 5.73 Å². The van der Waals surface area contributed by atoms with E-state index in [0.29, 0.717) is 28.6 Å². The maximum absolute atomic E-state index is 12.6. The minimum atomic E-state index is -1.08. The second-order valence-corrected chi connectivity index (χ2v) is 7.53. The van der Waals surface area contributed by atoms with Gasteiger partial charge in [-0.25, -0.2) is 9.97 Å². The number of hydrogen-bond donors (Lipinski definition) is 3. The van der Waals surface area contributed by atoms with Crippen LogP contribution in [-0.4, -0.2) is 60.2 Å². The number of carbonyl (C=O) groups is 2. The topological polar surface area (TPSA) is 135 Å². The summed E-state index contributed by atoms with van der Waals surface area (Å²) in [4.78, 5) is 34.7. The van der Waals surface area contributed by atoms with Gasteiger partial charge in [0.1, 0.15) is 11.6 Å². The fourth-order valence-corrected chi connectivity index (χ4v) is 4.44. The lowest BCUT2D eigenvalue weighted by Gasteiger charge is -2.21. The number of imide groups is 1. The number of carbonyl (C=O) groups excluding carboxylic acids is 2. The van der Waals surface area contributed by atoms with E-state index in [9.17, 15) is 19.8 Å². The average molecular weight is 393 g/mol. The molecular weight excluding hydrogens is 374 g/mol. The van der Waals surface area contributed by atoms with Gasteiger partial charge < -0.3 is 20.5 Å². The smallest absolute Gasteiger partial charge is 0.261 e. The molecular formula is C20H19N5O4. The van der Waals surface area contributed by atoms with Crippen LogP contribution in [0.3, 0.4) is 0 Å². The molecule has 1 aromatic carbocycles. The van der Waals surface area contributed by atoms with E-state index in [-0.39, 0.29) is 24.2 Å². The zero-order valence-electron chi connectivity index (χ0n) is 15.3. The van der Waals surface area contributed by atoms with Crippen LogP contribution >= 0.6 is 0 Å². The highest BCUT2D eigenvalue weighted by Crippen LogP contribution is 2.38. The Bertz CT molecular complexity index is 1110. The highest BCUT2D eigenvalue weighted by molar-refractivity contribution is 6.21. The fraction of sp³-hybridized carbons (Fsp3) is 0.300. The van der Waals surface area contributed by atoms with E-state index >= 15 is 0 Å². The van der Waals surface area contributed by atoms with Gasteiger partial charge >= 0.3 is 0 Å². The summed E-state index contributed by atoms with van der Waals surface area (Å²) < 4.78 is 1.77. The van der Waals surface area contributed by atoms with Crippen molar-refractivity contribution in [3.63, 3.8) is 0 Å². The number of benzene rings is 1. The van der Waals surface area contributed by atoms with Gasteiger partial charge in [-0.3, -0.25) is 14.5 Å². The highest BCUT2D eigenvalue weighted by atomic mass is 16.3. The normalized spacial score (nSPS) is 26.5. The van der Waals surface area contributed by atoms with Crippen LogP contribution in [0.15, 0.2) is 42.9 Å². The summed E-state index contributed by atoms with van der Waals surface area (Å²) in [6.45, 7) is 0.0391. The molecule has 3 aromatic rings. The first-order chi connectivity index (χ1) is 14.0. The van der Waals surface area contributed by atoms with Crippen molar-refractivity contribution in [2.24, 2.45) is 5.92 Å². The molecule has 29 heavy (non-hydrogen) atoms. The maximum Gasteiger partial charge on any atom is 0.261 e. The van der Waals surface area contributed by atoms with Crippen molar-refractivity contribution in [2.75, 3.05) is 12.3 Å². The third kappa shape index (κ3) is 2.55. The van der Waals surface area contributed by atoms with Crippen molar-refractivity contribution >= 4 is 28.7 Å². The van der Waals surface area contributed by atoms with Crippen LogP contribution in [0.2, 0.25) is 0 Å². The zero-order valence-corrected chi connectivity index (χ0v) is 15.3. The number of nitrogens with zero attached hydrogens (tertiary/aromatic N) is 4. The van der Waals surface area contributed by atoms with Crippen molar-refractivity contribution in [3.8, 4) is 0 Å². The standard InChI is InChI=1S/C20H19N5O4/c21-18-15-13(5-6-22-18)25(9-23-15)14-7-10(16(26)17(14)27)8-24-19(28)11-3-1-2-4-12(11)20(24)29/h1-6,9-10,14,16-17,26-27H,7-8H2,(H2,21,22)/t10-,14-,16-,17+/m0/s1. The third-order valence-corrected chi connectivity index (χ3v) is 5.94. The number of anilines is 1. The van der Waals surface area contributed by atoms with Gasteiger partial charge in [0.25, 0.3) is 11.8 Å². The van der Waals surface area contributed by atoms with Crippen LogP contribution in [0.1, 0.15) is 33.2 Å². The Balaban J connectivity index is 1.41. The predicted molar refractivity (Wildman–Crippen MR) is 103 cm³/mol. The number of aliphatic hydroxyl groups excluding tert-OH is 2. The predicted octanol–water partition coefficient (Wildman–Crippen LogP) is 0.593. The lowest BCUT2D eigenvalue weighted by molar-refractivity contribution is 0.00181. The van der Waals surface area contributed by atoms with E-state index in [1.165, 1.54) is 0 Å². The van der Waals surface area contributed by atoms with Crippen LogP contribution in [0.25, 0.3) is 11.0 Å². The molecule has 3 heterocycles. The number of nitrogens with two attached hydrogens (primary N) is 1. The molecule has 1 aliphatic carbocycles. The first-order valence-electron chi connectivity index (χ1n) is 9.35. The minimum Gasteiger partial charge on any atom is -0.390 e. The Morgan fingerprint density at radius 1 is 1.03 bits per heavy atom. The summed E-state index contributed by atoms with van der Waals surface area (Å²) >= 11 is 0. The molecule has 1 aliphatic heterocycles. The number of nitrogen functional groups attached to an aromatic ring is 1. The average Bonchev–Trinajstić information content (AvgIpc) is 3.34. The Morgan fingerprint density at radius 3 is 2.41 bits per heavy atom. The molecule has 1 saturated carbocycles. The largest absolute Gasteiger partial charge is 0.390 e. The Hall–Kier alpha value is -3.30. The summed E-state index contributed by atoms with van der Waals surface area (Å²) in [6, 6.07) is 7.94. The number of pyridine rings is 1. The second kappa shape index (κ2) is 6.36. The molecule has 9 nitrogen and oxygen atoms in total. The van der Waals surface area contributed by atoms with Gasteiger partial charge in [-0.05, 0) is 24.6 Å². The molecule has 2 amide bonds. The van der Waals surface area contributed by atoms with Crippen molar-refractivity contribution in [2.45, 2.75) is 24.7 Å². The van der Waals surface area contributed by atoms with Crippen molar-refractivity contribution in [1.82, 2.24) is 19.4 Å². The van der Waals surface area contributed by atoms with E-state index in [1.54, 1.807) is 47.4 Å². The second-order valence-electron chi connectivity index (χ2n) is 7.53. The van der Waals surface area contributed by atoms with Gasteiger partial charge in [0, 0.05) is 18.7 Å². The molecule has 0 saturated heterocycles. The SMILES string of the molecule is Nc1nccc2c1ncn2[C@H]1C[C@@H](CN2C(=O)c3ccccc3C2=O)[C@H](O)[C@@H]1O. The first-order valence-corrected chi connectivity index (χ1v) is 9.35. The van der Waals surface area contributed by atoms with Gasteiger partial charge in [-0.15, -0.1) is 0 Å². The summed E-state index contributed by atoms with van der Waals surface area (Å²) in [6.07, 6.45) is 1.35. The fourth-order valence-electron chi connectivity index (χ4n) is 4.44. The highest BCUT2D eigenvalue weighted by Gasteiger charge is 2.46. The lowest BCUT2D eigenvalue weighted by Crippen LogP contribution is -2.39. The van der Waals surface area contributed by atoms with Gasteiger partial charge in [0.15, 0.2) is 5.82 Å². The number of amides is 2. The van der Waals surface area contributed by atoms with Crippen LogP contribution in [0.4, 0.5) is 5.82 Å². The van der Waals surface area contributed by atoms with Crippen LogP contribution in [0, 0.1) is 5.92 Å². The molecule has 0 spiro atoms. The van der Waals surface area contributed by atoms with Crippen molar-refractivity contribution < 1.29 is 19.8 Å². The van der Waals surface area contributed by atoms with Gasteiger partial charge in [-0.1, -0.05) is 12.1 Å². The molecule has 2 aromatic heterocycles. The number of aromatic nitrogens is 3. The number of fused-ring (bicyclic) bond motifs is 2. The van der Waals surface area contributed by atoms with Crippen molar-refractivity contribution in [1.29, 1.82) is 0 Å². The lowest BCUT2D eigenvalue weighted by atomic mass is 10.0. The minimum absolute atomic E-state index is 0.0391. The molecule has 1 fully saturated rings. The van der Waals surface area contributed by atoms with E-state index < -0.39 is 24.2 Å². The Labute approximate surface area is 165 Å². The molecule has 2 aliphatic rings. The number of rotatable bonds is 3. The van der Waals surface area contributed by atoms with E-state index in [1.807, 2.05) is 0 Å². The van der Waals surface area contributed by atoms with Gasteiger partial charge in [0.2, 0.25) is 0 Å². The molecule has 0 unspecified atom stereocenters. The van der Waals surface area contributed by atoms with E-state index in [2.05, 4.69) is 9.97 Å². The van der Waals surface area contributed by atoms with Gasteiger partial charge in [-0.2, -0.15) is 0 Å². The summed E-state index contributed by atoms with van der Waals surface area (Å²) in [5, 5.41) is 21.3. The summed E-state index contributed by atoms with van der Waals surface area (Å²) in [5.74, 6) is -0.920. The Kier molecular flexibility index (Phi) is 3.90. The zero-order chi connectivity index (χ0) is 20.3. The monoisotopic (exact) mass is 393 g/mol. The number of hydrogen-bond acceptors (Lipinski definition) is 7. The Morgan fingerprint density at radius 2 is 1.72 bits per heavy atom. The molecule has 4 N–H and O–H groups in total. The molecule has 9 heteroatoms. The van der Waals surface area contributed by atoms with E-state index in [0.717, 1.165) is 4.90 Å². The quantitative estimate of drug-likeness (QED) is 0.554. The molecule has 5 rings (SSSR count). The molecule has 0 radical (unpaired) electrons. The number of imidazole rings is 1. The van der Waals surface area contributed by atoms with Gasteiger partial charge in [0.05, 0.1) is 35.1 Å². The van der Waals surface area contributed by atoms with Crippen LogP contribution in [0.5, 0.6) is 0 Å². The first kappa shape index (κ1) is 17.8. The summed E-state index contributed by atoms with van der Waals surface area (Å²) in [5.41, 5.74) is 7.82. The molecule has 148 valence electrons. The van der Waals surface area contributed by atoms with Crippen LogP contribution in [-0.2, 0) is 0 Å². The number of aliphatic hydroxyl groups is 2. The van der Waals surface area contributed by atoms with Crippen LogP contribution < -0.4 is 5.73 Å².